The summed E-state index contributed by atoms with van der Waals surface area (Å²) in [6.45, 7) is 2.71. The number of halogens is 1. The van der Waals surface area contributed by atoms with Gasteiger partial charge in [0, 0.05) is 6.04 Å². The molecule has 1 aliphatic heterocycles. The molecule has 1 nitrogen and oxygen atoms in total. The number of nitrogens with one attached hydrogen (secondary N) is 1. The largest absolute Gasteiger partial charge is 0.310 e. The second-order valence-corrected chi connectivity index (χ2v) is 4.99. The number of fused-ring (bicyclic) bond motifs is 1. The summed E-state index contributed by atoms with van der Waals surface area (Å²) in [4.78, 5) is 0. The van der Waals surface area contributed by atoms with E-state index in [1.165, 1.54) is 6.42 Å². The molecular weight excluding hydrogens is 189 g/mol. The summed E-state index contributed by atoms with van der Waals surface area (Å²) in [7, 11) is 0. The number of benzene rings is 1. The van der Waals surface area contributed by atoms with Gasteiger partial charge in [-0.05, 0) is 37.3 Å². The molecule has 1 saturated heterocycles. The smallest absolute Gasteiger partial charge is 0.148 e. The maximum Gasteiger partial charge on any atom is 0.148 e. The summed E-state index contributed by atoms with van der Waals surface area (Å²) in [6.07, 6.45) is 1.21. The summed E-state index contributed by atoms with van der Waals surface area (Å²) in [6, 6.07) is 9.54. The highest BCUT2D eigenvalue weighted by molar-refractivity contribution is 5.26. The van der Waals surface area contributed by atoms with Crippen molar-refractivity contribution in [1.82, 2.24) is 5.32 Å². The number of alkyl halides is 1. The molecule has 2 aliphatic rings. The molecule has 1 aromatic carbocycles. The van der Waals surface area contributed by atoms with Crippen LogP contribution in [0, 0.1) is 11.8 Å². The molecule has 1 aliphatic carbocycles. The average Bonchev–Trinajstić information content (AvgIpc) is 2.90. The van der Waals surface area contributed by atoms with E-state index in [9.17, 15) is 4.39 Å². The fourth-order valence-electron chi connectivity index (χ4n) is 2.88. The quantitative estimate of drug-likeness (QED) is 0.782. The fraction of sp³-hybridized carbons (Fsp3) is 0.538. The Morgan fingerprint density at radius 1 is 1.33 bits per heavy atom. The zero-order valence-electron chi connectivity index (χ0n) is 8.91. The van der Waals surface area contributed by atoms with Gasteiger partial charge in [-0.3, -0.25) is 0 Å². The van der Waals surface area contributed by atoms with E-state index in [-0.39, 0.29) is 6.04 Å². The summed E-state index contributed by atoms with van der Waals surface area (Å²) in [5, 5.41) is 3.32. The molecule has 0 spiro atoms. The molecule has 0 radical (unpaired) electrons. The zero-order chi connectivity index (χ0) is 10.5. The molecule has 1 heterocycles. The predicted molar refractivity (Wildman–Crippen MR) is 58.3 cm³/mol. The van der Waals surface area contributed by atoms with Crippen molar-refractivity contribution in [3.05, 3.63) is 35.9 Å². The van der Waals surface area contributed by atoms with Gasteiger partial charge in [0.05, 0.1) is 0 Å². The molecule has 15 heavy (non-hydrogen) atoms. The summed E-state index contributed by atoms with van der Waals surface area (Å²) >= 11 is 0. The lowest BCUT2D eigenvalue weighted by Crippen LogP contribution is -2.42. The Kier molecular flexibility index (Phi) is 1.90. The molecule has 0 aromatic heterocycles. The minimum absolute atomic E-state index is 0.0184. The maximum atomic E-state index is 14.7. The van der Waals surface area contributed by atoms with Crippen molar-refractivity contribution in [2.75, 3.05) is 6.54 Å². The van der Waals surface area contributed by atoms with E-state index in [0.29, 0.717) is 5.92 Å². The molecule has 3 rings (SSSR count). The second-order valence-electron chi connectivity index (χ2n) is 4.99. The topological polar surface area (TPSA) is 12.0 Å². The van der Waals surface area contributed by atoms with Gasteiger partial charge in [-0.25, -0.2) is 4.39 Å². The Labute approximate surface area is 89.7 Å². The second kappa shape index (κ2) is 3.05. The van der Waals surface area contributed by atoms with Crippen LogP contribution in [0.5, 0.6) is 0 Å². The third-order valence-corrected chi connectivity index (χ3v) is 3.93. The van der Waals surface area contributed by atoms with Crippen LogP contribution >= 0.6 is 0 Å². The van der Waals surface area contributed by atoms with Crippen molar-refractivity contribution < 1.29 is 4.39 Å². The van der Waals surface area contributed by atoms with Crippen molar-refractivity contribution in [2.24, 2.45) is 11.8 Å². The minimum atomic E-state index is -1.23. The normalized spacial score (nSPS) is 37.1. The zero-order valence-corrected chi connectivity index (χ0v) is 8.91. The van der Waals surface area contributed by atoms with Gasteiger partial charge in [0.1, 0.15) is 5.67 Å². The number of piperidine rings is 1. The third kappa shape index (κ3) is 1.39. The van der Waals surface area contributed by atoms with Gasteiger partial charge >= 0.3 is 0 Å². The molecule has 1 unspecified atom stereocenters. The van der Waals surface area contributed by atoms with Gasteiger partial charge in [-0.15, -0.1) is 0 Å². The van der Waals surface area contributed by atoms with E-state index in [1.54, 1.807) is 6.92 Å². The molecule has 2 fully saturated rings. The summed E-state index contributed by atoms with van der Waals surface area (Å²) < 4.78 is 14.7. The number of hydrogen-bond donors (Lipinski definition) is 1. The standard InChI is InChI=1S/C13H16FN/c1-13(14,10-5-3-2-4-6-10)12-11-7-9(11)8-15-12/h2-6,9,11-12,15H,7-8H2,1H3/t9-,11-,12+,13?/m0/s1. The van der Waals surface area contributed by atoms with Gasteiger partial charge in [0.25, 0.3) is 0 Å². The maximum absolute atomic E-state index is 14.7. The van der Waals surface area contributed by atoms with E-state index in [0.717, 1.165) is 18.0 Å². The first kappa shape index (κ1) is 9.34. The first-order chi connectivity index (χ1) is 7.19. The van der Waals surface area contributed by atoms with E-state index < -0.39 is 5.67 Å². The van der Waals surface area contributed by atoms with Crippen molar-refractivity contribution in [3.63, 3.8) is 0 Å². The molecule has 2 heteroatoms. The molecule has 0 bridgehead atoms. The molecule has 1 saturated carbocycles. The lowest BCUT2D eigenvalue weighted by molar-refractivity contribution is 0.124. The monoisotopic (exact) mass is 205 g/mol. The predicted octanol–water partition coefficient (Wildman–Crippen LogP) is 2.48. The highest BCUT2D eigenvalue weighted by atomic mass is 19.1. The summed E-state index contributed by atoms with van der Waals surface area (Å²) in [5.74, 6) is 1.31. The van der Waals surface area contributed by atoms with Crippen molar-refractivity contribution in [1.29, 1.82) is 0 Å². The molecule has 4 atom stereocenters. The van der Waals surface area contributed by atoms with Crippen LogP contribution in [0.4, 0.5) is 4.39 Å². The van der Waals surface area contributed by atoms with Crippen molar-refractivity contribution >= 4 is 0 Å². The Morgan fingerprint density at radius 3 is 2.60 bits per heavy atom. The Morgan fingerprint density at radius 2 is 2.07 bits per heavy atom. The lowest BCUT2D eigenvalue weighted by atomic mass is 9.88. The van der Waals surface area contributed by atoms with Gasteiger partial charge in [0.15, 0.2) is 0 Å². The summed E-state index contributed by atoms with van der Waals surface area (Å²) in [5.41, 5.74) is -0.424. The molecular formula is C13H16FN. The minimum Gasteiger partial charge on any atom is -0.310 e. The molecule has 1 aromatic rings. The highest BCUT2D eigenvalue weighted by Gasteiger charge is 2.55. The Hall–Kier alpha value is -0.890. The van der Waals surface area contributed by atoms with Gasteiger partial charge < -0.3 is 5.32 Å². The fourth-order valence-corrected chi connectivity index (χ4v) is 2.88. The van der Waals surface area contributed by atoms with E-state index in [4.69, 9.17) is 0 Å². The molecule has 0 amide bonds. The van der Waals surface area contributed by atoms with Crippen LogP contribution in [-0.2, 0) is 5.67 Å². The SMILES string of the molecule is CC(F)(c1ccccc1)[C@@H]1NC[C@@H]2C[C@@H]21. The van der Waals surface area contributed by atoms with Gasteiger partial charge in [0.2, 0.25) is 0 Å². The van der Waals surface area contributed by atoms with Gasteiger partial charge in [-0.1, -0.05) is 30.3 Å². The lowest BCUT2D eigenvalue weighted by Gasteiger charge is -2.29. The Bertz CT molecular complexity index is 360. The van der Waals surface area contributed by atoms with Crippen LogP contribution in [0.2, 0.25) is 0 Å². The molecule has 80 valence electrons. The van der Waals surface area contributed by atoms with E-state index in [2.05, 4.69) is 5.32 Å². The van der Waals surface area contributed by atoms with Crippen molar-refractivity contribution in [2.45, 2.75) is 25.1 Å². The van der Waals surface area contributed by atoms with E-state index >= 15 is 0 Å². The Balaban J connectivity index is 1.89. The highest BCUT2D eigenvalue weighted by Crippen LogP contribution is 2.51. The number of hydrogen-bond acceptors (Lipinski definition) is 1. The number of rotatable bonds is 2. The van der Waals surface area contributed by atoms with Gasteiger partial charge in [-0.2, -0.15) is 0 Å². The first-order valence-corrected chi connectivity index (χ1v) is 5.67. The first-order valence-electron chi connectivity index (χ1n) is 5.67. The van der Waals surface area contributed by atoms with Crippen LogP contribution in [0.15, 0.2) is 30.3 Å². The van der Waals surface area contributed by atoms with Crippen LogP contribution in [0.3, 0.4) is 0 Å². The third-order valence-electron chi connectivity index (χ3n) is 3.93. The molecule has 1 N–H and O–H groups in total. The average molecular weight is 205 g/mol. The van der Waals surface area contributed by atoms with Crippen molar-refractivity contribution in [3.8, 4) is 0 Å². The van der Waals surface area contributed by atoms with Crippen LogP contribution < -0.4 is 5.32 Å². The van der Waals surface area contributed by atoms with Crippen LogP contribution in [-0.4, -0.2) is 12.6 Å². The van der Waals surface area contributed by atoms with E-state index in [1.807, 2.05) is 30.3 Å². The van der Waals surface area contributed by atoms with Crippen LogP contribution in [0.1, 0.15) is 18.9 Å². The van der Waals surface area contributed by atoms with Crippen LogP contribution in [0.25, 0.3) is 0 Å².